The van der Waals surface area contributed by atoms with Crippen molar-refractivity contribution in [3.8, 4) is 5.88 Å². The highest BCUT2D eigenvalue weighted by Crippen LogP contribution is 2.44. The fourth-order valence-corrected chi connectivity index (χ4v) is 7.94. The van der Waals surface area contributed by atoms with Crippen LogP contribution in [0.1, 0.15) is 50.1 Å². The van der Waals surface area contributed by atoms with Crippen LogP contribution in [-0.2, 0) is 27.6 Å². The SMILES string of the molecule is Cn1c(O)c(C(=NCC2c3ccccc3C(=O)N(CCc3ccccc3)C2c2ccc3c(c2)c2ccccc2n3C)c2ccccc2)c(=O)n(C)c1=O. The molecular weight excluding hydrogens is 663 g/mol. The number of hydrogen-bond acceptors (Lipinski definition) is 5. The van der Waals surface area contributed by atoms with Gasteiger partial charge >= 0.3 is 5.69 Å². The van der Waals surface area contributed by atoms with Gasteiger partial charge < -0.3 is 14.6 Å². The zero-order valence-electron chi connectivity index (χ0n) is 29.8. The molecule has 9 nitrogen and oxygen atoms in total. The zero-order chi connectivity index (χ0) is 36.8. The molecule has 3 heterocycles. The maximum absolute atomic E-state index is 14.6. The van der Waals surface area contributed by atoms with E-state index in [-0.39, 0.29) is 29.6 Å². The first-order valence-corrected chi connectivity index (χ1v) is 17.7. The molecule has 0 fully saturated rings. The Labute approximate surface area is 306 Å². The molecule has 8 rings (SSSR count). The number of fused-ring (bicyclic) bond motifs is 4. The Morgan fingerprint density at radius 1 is 0.698 bits per heavy atom. The molecule has 1 amide bonds. The molecule has 1 aliphatic heterocycles. The molecule has 0 spiro atoms. The normalized spacial score (nSPS) is 16.0. The van der Waals surface area contributed by atoms with Crippen LogP contribution in [0.3, 0.4) is 0 Å². The molecule has 1 N–H and O–H groups in total. The lowest BCUT2D eigenvalue weighted by atomic mass is 9.79. The highest BCUT2D eigenvalue weighted by molar-refractivity contribution is 6.14. The van der Waals surface area contributed by atoms with Crippen LogP contribution in [0.4, 0.5) is 0 Å². The van der Waals surface area contributed by atoms with Crippen molar-refractivity contribution in [2.75, 3.05) is 13.1 Å². The summed E-state index contributed by atoms with van der Waals surface area (Å²) in [4.78, 5) is 48.2. The Hall–Kier alpha value is -6.48. The van der Waals surface area contributed by atoms with E-state index in [2.05, 4.69) is 54.1 Å². The Balaban J connectivity index is 1.34. The number of rotatable bonds is 8. The molecule has 0 bridgehead atoms. The number of nitrogens with zero attached hydrogens (tertiary/aromatic N) is 5. The number of aryl methyl sites for hydroxylation is 1. The summed E-state index contributed by atoms with van der Waals surface area (Å²) in [5.41, 5.74) is 5.35. The van der Waals surface area contributed by atoms with E-state index in [1.807, 2.05) is 89.8 Å². The first kappa shape index (κ1) is 33.7. The number of aromatic nitrogens is 3. The third kappa shape index (κ3) is 5.74. The van der Waals surface area contributed by atoms with Crippen LogP contribution in [0.5, 0.6) is 5.88 Å². The molecule has 1 aliphatic rings. The van der Waals surface area contributed by atoms with Crippen LogP contribution in [0, 0.1) is 0 Å². The van der Waals surface area contributed by atoms with Gasteiger partial charge in [-0.3, -0.25) is 23.7 Å². The van der Waals surface area contributed by atoms with E-state index in [0.29, 0.717) is 24.1 Å². The summed E-state index contributed by atoms with van der Waals surface area (Å²) in [5.74, 6) is -0.834. The predicted octanol–water partition coefficient (Wildman–Crippen LogP) is 6.50. The summed E-state index contributed by atoms with van der Waals surface area (Å²) in [6.45, 7) is 0.656. The third-order valence-corrected chi connectivity index (χ3v) is 10.7. The molecule has 264 valence electrons. The molecule has 0 aliphatic carbocycles. The average Bonchev–Trinajstić information content (AvgIpc) is 3.48. The van der Waals surface area contributed by atoms with Crippen molar-refractivity contribution in [3.05, 3.63) is 182 Å². The van der Waals surface area contributed by atoms with E-state index in [1.165, 1.54) is 14.1 Å². The first-order chi connectivity index (χ1) is 25.7. The summed E-state index contributed by atoms with van der Waals surface area (Å²) < 4.78 is 4.23. The predicted molar refractivity (Wildman–Crippen MR) is 209 cm³/mol. The lowest BCUT2D eigenvalue weighted by molar-refractivity contribution is 0.0614. The van der Waals surface area contributed by atoms with Crippen molar-refractivity contribution in [3.63, 3.8) is 0 Å². The van der Waals surface area contributed by atoms with Crippen molar-refractivity contribution in [1.29, 1.82) is 0 Å². The van der Waals surface area contributed by atoms with Gasteiger partial charge in [-0.25, -0.2) is 4.79 Å². The quantitative estimate of drug-likeness (QED) is 0.183. The van der Waals surface area contributed by atoms with Gasteiger partial charge in [0, 0.05) is 73.1 Å². The molecular formula is C44H39N5O4. The molecule has 2 unspecified atom stereocenters. The van der Waals surface area contributed by atoms with E-state index in [9.17, 15) is 19.5 Å². The van der Waals surface area contributed by atoms with Crippen LogP contribution in [0.25, 0.3) is 21.8 Å². The van der Waals surface area contributed by atoms with Gasteiger partial charge in [-0.05, 0) is 47.4 Å². The number of amides is 1. The lowest BCUT2D eigenvalue weighted by Crippen LogP contribution is -2.44. The van der Waals surface area contributed by atoms with E-state index in [1.54, 1.807) is 0 Å². The van der Waals surface area contributed by atoms with Gasteiger partial charge in [0.2, 0.25) is 5.88 Å². The van der Waals surface area contributed by atoms with Gasteiger partial charge in [0.25, 0.3) is 11.5 Å². The number of hydrogen-bond donors (Lipinski definition) is 1. The van der Waals surface area contributed by atoms with Crippen molar-refractivity contribution in [2.24, 2.45) is 26.1 Å². The highest BCUT2D eigenvalue weighted by Gasteiger charge is 2.40. The average molecular weight is 702 g/mol. The van der Waals surface area contributed by atoms with Gasteiger partial charge in [0.15, 0.2) is 0 Å². The fraction of sp³-hybridized carbons (Fsp3) is 0.182. The van der Waals surface area contributed by atoms with Crippen LogP contribution in [-0.4, -0.2) is 48.4 Å². The molecule has 2 aromatic heterocycles. The van der Waals surface area contributed by atoms with Crippen molar-refractivity contribution >= 4 is 33.4 Å². The zero-order valence-corrected chi connectivity index (χ0v) is 29.8. The fourth-order valence-electron chi connectivity index (χ4n) is 7.94. The molecule has 5 aromatic carbocycles. The van der Waals surface area contributed by atoms with Gasteiger partial charge in [-0.15, -0.1) is 0 Å². The van der Waals surface area contributed by atoms with E-state index < -0.39 is 23.2 Å². The van der Waals surface area contributed by atoms with Crippen molar-refractivity contribution in [1.82, 2.24) is 18.6 Å². The molecule has 0 saturated heterocycles. The lowest BCUT2D eigenvalue weighted by Gasteiger charge is -2.42. The van der Waals surface area contributed by atoms with E-state index in [0.717, 1.165) is 47.6 Å². The maximum atomic E-state index is 14.6. The molecule has 0 radical (unpaired) electrons. The van der Waals surface area contributed by atoms with Crippen LogP contribution >= 0.6 is 0 Å². The second-order valence-corrected chi connectivity index (χ2v) is 13.7. The van der Waals surface area contributed by atoms with Gasteiger partial charge in [-0.2, -0.15) is 0 Å². The summed E-state index contributed by atoms with van der Waals surface area (Å²) >= 11 is 0. The van der Waals surface area contributed by atoms with Crippen LogP contribution < -0.4 is 11.2 Å². The van der Waals surface area contributed by atoms with Crippen molar-refractivity contribution < 1.29 is 9.90 Å². The Kier molecular flexibility index (Phi) is 8.62. The van der Waals surface area contributed by atoms with Gasteiger partial charge in [-0.1, -0.05) is 103 Å². The third-order valence-electron chi connectivity index (χ3n) is 10.7. The number of benzene rings is 5. The summed E-state index contributed by atoms with van der Waals surface area (Å²) in [7, 11) is 4.89. The molecule has 7 aromatic rings. The number of aromatic hydroxyl groups is 1. The highest BCUT2D eigenvalue weighted by atomic mass is 16.3. The standard InChI is InChI=1S/C44H39N5O4/c1-46-36-21-13-12-19-32(36)34-26-30(22-23-37(34)46)40-35(31-18-10-11-20-33(31)41(50)49(40)25-24-28-14-6-4-7-15-28)27-45-39(29-16-8-5-9-17-29)38-42(51)47(2)44(53)48(3)43(38)52/h4-23,26,35,40,51H,24-25,27H2,1-3H3. The second kappa shape index (κ2) is 13.6. The Morgan fingerprint density at radius 2 is 1.36 bits per heavy atom. The Morgan fingerprint density at radius 3 is 2.13 bits per heavy atom. The summed E-state index contributed by atoms with van der Waals surface area (Å²) in [6, 6.07) is 41.5. The monoisotopic (exact) mass is 701 g/mol. The van der Waals surface area contributed by atoms with Crippen LogP contribution in [0.15, 0.2) is 142 Å². The first-order valence-electron chi connectivity index (χ1n) is 17.7. The molecule has 2 atom stereocenters. The number of carbonyl (C=O) groups is 1. The number of carbonyl (C=O) groups excluding carboxylic acids is 1. The topological polar surface area (TPSA) is 102 Å². The minimum absolute atomic E-state index is 0.0485. The van der Waals surface area contributed by atoms with Gasteiger partial charge in [0.05, 0.1) is 11.8 Å². The van der Waals surface area contributed by atoms with Gasteiger partial charge in [0.1, 0.15) is 5.56 Å². The summed E-state index contributed by atoms with van der Waals surface area (Å²) in [6.07, 6.45) is 0.662. The summed E-state index contributed by atoms with van der Waals surface area (Å²) in [5, 5.41) is 13.5. The second-order valence-electron chi connectivity index (χ2n) is 13.7. The Bertz CT molecular complexity index is 2670. The van der Waals surface area contributed by atoms with Crippen LogP contribution in [0.2, 0.25) is 0 Å². The molecule has 9 heteroatoms. The van der Waals surface area contributed by atoms with E-state index >= 15 is 0 Å². The van der Waals surface area contributed by atoms with Crippen molar-refractivity contribution in [2.45, 2.75) is 18.4 Å². The minimum atomic E-state index is -0.644. The van der Waals surface area contributed by atoms with E-state index in [4.69, 9.17) is 4.99 Å². The smallest absolute Gasteiger partial charge is 0.333 e. The molecule has 53 heavy (non-hydrogen) atoms. The molecule has 0 saturated carbocycles. The number of aliphatic imine (C=N–C) groups is 1. The maximum Gasteiger partial charge on any atom is 0.333 e. The minimum Gasteiger partial charge on any atom is -0.494 e. The largest absolute Gasteiger partial charge is 0.494 e. The number of para-hydroxylation sites is 1.